The van der Waals surface area contributed by atoms with Gasteiger partial charge in [0.2, 0.25) is 0 Å². The van der Waals surface area contributed by atoms with Crippen LogP contribution in [0.4, 0.5) is 0 Å². The van der Waals surface area contributed by atoms with Crippen molar-refractivity contribution in [3.63, 3.8) is 0 Å². The fourth-order valence-electron chi connectivity index (χ4n) is 1.22. The van der Waals surface area contributed by atoms with E-state index in [2.05, 4.69) is 26.2 Å². The van der Waals surface area contributed by atoms with Crippen LogP contribution in [-0.4, -0.2) is 20.2 Å². The lowest BCUT2D eigenvalue weighted by atomic mass is 10.3. The number of para-hydroxylation sites is 1. The molecule has 0 fully saturated rings. The normalized spacial score (nSPS) is 10.9. The van der Waals surface area contributed by atoms with Gasteiger partial charge in [-0.2, -0.15) is 5.10 Å². The van der Waals surface area contributed by atoms with Crippen molar-refractivity contribution in [3.05, 3.63) is 30.6 Å². The first-order chi connectivity index (χ1) is 7.42. The molecule has 2 heterocycles. The van der Waals surface area contributed by atoms with Gasteiger partial charge in [0.1, 0.15) is 6.33 Å². The van der Waals surface area contributed by atoms with Gasteiger partial charge in [0, 0.05) is 0 Å². The summed E-state index contributed by atoms with van der Waals surface area (Å²) in [7, 11) is 0. The Kier molecular flexibility index (Phi) is 2.15. The van der Waals surface area contributed by atoms with Crippen LogP contribution in [0.1, 0.15) is 0 Å². The molecule has 15 heavy (non-hydrogen) atoms. The first kappa shape index (κ1) is 8.87. The summed E-state index contributed by atoms with van der Waals surface area (Å²) in [5.74, 6) is 0. The van der Waals surface area contributed by atoms with Crippen LogP contribution in [0.2, 0.25) is 0 Å². The van der Waals surface area contributed by atoms with Crippen LogP contribution in [0, 0.1) is 0 Å². The number of thiazole rings is 1. The minimum atomic E-state index is 0.772. The summed E-state index contributed by atoms with van der Waals surface area (Å²) in [5, 5.41) is 7.36. The van der Waals surface area contributed by atoms with E-state index in [-0.39, 0.29) is 0 Å². The van der Waals surface area contributed by atoms with Crippen molar-refractivity contribution in [3.8, 4) is 0 Å². The van der Waals surface area contributed by atoms with Gasteiger partial charge >= 0.3 is 0 Å². The Hall–Kier alpha value is -1.40. The maximum Gasteiger partial charge on any atom is 0.190 e. The van der Waals surface area contributed by atoms with E-state index in [9.17, 15) is 0 Å². The average molecular weight is 234 g/mol. The summed E-state index contributed by atoms with van der Waals surface area (Å²) in [6, 6.07) is 8.09. The maximum absolute atomic E-state index is 4.48. The van der Waals surface area contributed by atoms with Gasteiger partial charge in [-0.05, 0) is 23.9 Å². The van der Waals surface area contributed by atoms with Gasteiger partial charge in [-0.3, -0.25) is 5.10 Å². The van der Waals surface area contributed by atoms with Gasteiger partial charge in [-0.15, -0.1) is 11.3 Å². The number of H-pyrrole nitrogens is 1. The molecule has 0 amide bonds. The zero-order valence-corrected chi connectivity index (χ0v) is 9.18. The largest absolute Gasteiger partial charge is 0.254 e. The molecule has 0 spiro atoms. The Bertz CT molecular complexity index is 540. The van der Waals surface area contributed by atoms with Crippen molar-refractivity contribution in [1.82, 2.24) is 20.2 Å². The smallest absolute Gasteiger partial charge is 0.190 e. The number of hydrogen-bond acceptors (Lipinski definition) is 5. The number of rotatable bonds is 2. The van der Waals surface area contributed by atoms with Crippen molar-refractivity contribution in [2.45, 2.75) is 9.50 Å². The molecular weight excluding hydrogens is 228 g/mol. The first-order valence-corrected chi connectivity index (χ1v) is 5.94. The number of aromatic amines is 1. The highest BCUT2D eigenvalue weighted by molar-refractivity contribution is 8.01. The van der Waals surface area contributed by atoms with Crippen LogP contribution in [0.5, 0.6) is 0 Å². The van der Waals surface area contributed by atoms with Crippen LogP contribution in [0.25, 0.3) is 10.2 Å². The Labute approximate surface area is 93.8 Å². The molecule has 0 aliphatic heterocycles. The van der Waals surface area contributed by atoms with Crippen molar-refractivity contribution < 1.29 is 0 Å². The van der Waals surface area contributed by atoms with E-state index >= 15 is 0 Å². The number of fused-ring (bicyclic) bond motifs is 1. The standard InChI is InChI=1S/C9H6N4S2/c1-2-4-7-6(3-1)12-9(14-7)15-8-10-5-11-13-8/h1-5H,(H,10,11,13). The lowest BCUT2D eigenvalue weighted by molar-refractivity contribution is 0.972. The Morgan fingerprint density at radius 2 is 2.20 bits per heavy atom. The molecule has 0 aliphatic rings. The second kappa shape index (κ2) is 3.63. The molecule has 0 saturated heterocycles. The van der Waals surface area contributed by atoms with Crippen molar-refractivity contribution in [2.24, 2.45) is 0 Å². The quantitative estimate of drug-likeness (QED) is 0.740. The molecule has 0 saturated carbocycles. The van der Waals surface area contributed by atoms with Gasteiger partial charge in [0.15, 0.2) is 9.50 Å². The van der Waals surface area contributed by atoms with E-state index in [1.54, 1.807) is 11.3 Å². The Morgan fingerprint density at radius 1 is 1.27 bits per heavy atom. The topological polar surface area (TPSA) is 54.5 Å². The minimum Gasteiger partial charge on any atom is -0.254 e. The van der Waals surface area contributed by atoms with Crippen LogP contribution in [0.3, 0.4) is 0 Å². The van der Waals surface area contributed by atoms with Crippen LogP contribution in [0.15, 0.2) is 40.1 Å². The number of hydrogen-bond donors (Lipinski definition) is 1. The van der Waals surface area contributed by atoms with Crippen LogP contribution >= 0.6 is 23.1 Å². The molecule has 1 N–H and O–H groups in total. The monoisotopic (exact) mass is 234 g/mol. The Morgan fingerprint density at radius 3 is 3.00 bits per heavy atom. The van der Waals surface area contributed by atoms with E-state index in [0.29, 0.717) is 0 Å². The summed E-state index contributed by atoms with van der Waals surface area (Å²) in [6.45, 7) is 0. The number of nitrogens with zero attached hydrogens (tertiary/aromatic N) is 3. The first-order valence-electron chi connectivity index (χ1n) is 4.30. The fourth-order valence-corrected chi connectivity index (χ4v) is 3.10. The van der Waals surface area contributed by atoms with Gasteiger partial charge in [-0.1, -0.05) is 12.1 Å². The van der Waals surface area contributed by atoms with Gasteiger partial charge in [-0.25, -0.2) is 9.97 Å². The number of nitrogens with one attached hydrogen (secondary N) is 1. The van der Waals surface area contributed by atoms with Crippen molar-refractivity contribution in [1.29, 1.82) is 0 Å². The third kappa shape index (κ3) is 1.73. The summed E-state index contributed by atoms with van der Waals surface area (Å²) in [6.07, 6.45) is 1.50. The molecule has 6 heteroatoms. The summed E-state index contributed by atoms with van der Waals surface area (Å²) < 4.78 is 2.17. The molecule has 0 bridgehead atoms. The zero-order valence-electron chi connectivity index (χ0n) is 7.54. The summed E-state index contributed by atoms with van der Waals surface area (Å²) >= 11 is 3.16. The fraction of sp³-hybridized carbons (Fsp3) is 0. The predicted octanol–water partition coefficient (Wildman–Crippen LogP) is 2.57. The molecule has 3 aromatic rings. The summed E-state index contributed by atoms with van der Waals surface area (Å²) in [5.41, 5.74) is 1.03. The third-order valence-electron chi connectivity index (χ3n) is 1.85. The highest BCUT2D eigenvalue weighted by Gasteiger charge is 2.06. The molecule has 0 atom stereocenters. The minimum absolute atomic E-state index is 0.772. The van der Waals surface area contributed by atoms with Gasteiger partial charge in [0.05, 0.1) is 10.2 Å². The van der Waals surface area contributed by atoms with Gasteiger partial charge in [0.25, 0.3) is 0 Å². The maximum atomic E-state index is 4.48. The van der Waals surface area contributed by atoms with E-state index < -0.39 is 0 Å². The molecular formula is C9H6N4S2. The SMILES string of the molecule is c1ccc2sc(Sc3ncn[nH]3)nc2c1. The van der Waals surface area contributed by atoms with Crippen molar-refractivity contribution >= 4 is 33.3 Å². The molecule has 0 unspecified atom stereocenters. The summed E-state index contributed by atoms with van der Waals surface area (Å²) in [4.78, 5) is 8.53. The predicted molar refractivity (Wildman–Crippen MR) is 60.1 cm³/mol. The Balaban J connectivity index is 1.98. The average Bonchev–Trinajstić information content (AvgIpc) is 2.86. The van der Waals surface area contributed by atoms with Gasteiger partial charge < -0.3 is 0 Å². The molecule has 0 radical (unpaired) electrons. The second-order valence-electron chi connectivity index (χ2n) is 2.84. The second-order valence-corrected chi connectivity index (χ2v) is 5.11. The molecule has 0 aliphatic carbocycles. The number of benzene rings is 1. The van der Waals surface area contributed by atoms with E-state index in [1.807, 2.05) is 18.2 Å². The lowest BCUT2D eigenvalue weighted by Crippen LogP contribution is -1.74. The molecule has 2 aromatic heterocycles. The molecule has 4 nitrogen and oxygen atoms in total. The molecule has 1 aromatic carbocycles. The van der Waals surface area contributed by atoms with Crippen LogP contribution in [-0.2, 0) is 0 Å². The van der Waals surface area contributed by atoms with Crippen molar-refractivity contribution in [2.75, 3.05) is 0 Å². The number of aromatic nitrogens is 4. The lowest BCUT2D eigenvalue weighted by Gasteiger charge is -1.87. The van der Waals surface area contributed by atoms with Crippen LogP contribution < -0.4 is 0 Å². The van der Waals surface area contributed by atoms with E-state index in [0.717, 1.165) is 15.0 Å². The highest BCUT2D eigenvalue weighted by atomic mass is 32.2. The highest BCUT2D eigenvalue weighted by Crippen LogP contribution is 2.31. The molecule has 3 rings (SSSR count). The zero-order chi connectivity index (χ0) is 10.1. The molecule has 74 valence electrons. The van der Waals surface area contributed by atoms with E-state index in [1.165, 1.54) is 22.8 Å². The van der Waals surface area contributed by atoms with E-state index in [4.69, 9.17) is 0 Å². The third-order valence-corrected chi connectivity index (χ3v) is 3.84.